The van der Waals surface area contributed by atoms with Gasteiger partial charge in [0.1, 0.15) is 0 Å². The Morgan fingerprint density at radius 3 is 2.38 bits per heavy atom. The molecule has 0 aliphatic heterocycles. The van der Waals surface area contributed by atoms with Crippen molar-refractivity contribution in [3.8, 4) is 0 Å². The maximum atomic E-state index is 13.5. The fourth-order valence-electron chi connectivity index (χ4n) is 2.48. The van der Waals surface area contributed by atoms with E-state index in [0.29, 0.717) is 0 Å². The van der Waals surface area contributed by atoms with Crippen LogP contribution < -0.4 is 10.6 Å². The second-order valence-electron chi connectivity index (χ2n) is 5.93. The zero-order chi connectivity index (χ0) is 18.9. The number of halogens is 5. The summed E-state index contributed by atoms with van der Waals surface area (Å²) in [4.78, 5) is 7.59. The Morgan fingerprint density at radius 1 is 1.19 bits per heavy atom. The van der Waals surface area contributed by atoms with Gasteiger partial charge >= 0.3 is 6.18 Å². The molecule has 9 heteroatoms. The molecule has 1 aromatic heterocycles. The molecular formula is C17H15Cl2F3N4. The Kier molecular flexibility index (Phi) is 5.29. The van der Waals surface area contributed by atoms with Crippen molar-refractivity contribution >= 4 is 40.5 Å². The van der Waals surface area contributed by atoms with Crippen LogP contribution in [-0.4, -0.2) is 16.0 Å². The molecule has 1 heterocycles. The monoisotopic (exact) mass is 402 g/mol. The summed E-state index contributed by atoms with van der Waals surface area (Å²) in [6.45, 7) is 3.71. The van der Waals surface area contributed by atoms with E-state index in [1.54, 1.807) is 18.2 Å². The molecule has 0 unspecified atom stereocenters. The Bertz CT molecular complexity index is 815. The lowest BCUT2D eigenvalue weighted by Crippen LogP contribution is -2.34. The summed E-state index contributed by atoms with van der Waals surface area (Å²) < 4.78 is 40.4. The zero-order valence-electron chi connectivity index (χ0n) is 13.5. The van der Waals surface area contributed by atoms with Gasteiger partial charge in [-0.25, -0.2) is 9.97 Å². The van der Waals surface area contributed by atoms with Crippen molar-refractivity contribution < 1.29 is 13.2 Å². The fraction of sp³-hybridized carbons (Fsp3) is 0.294. The number of benzene rings is 1. The number of alkyl halides is 3. The predicted octanol–water partition coefficient (Wildman–Crippen LogP) is 5.66. The molecule has 3 rings (SSSR count). The summed E-state index contributed by atoms with van der Waals surface area (Å²) in [5.74, 6) is -0.257. The third-order valence-corrected chi connectivity index (χ3v) is 4.70. The van der Waals surface area contributed by atoms with Gasteiger partial charge in [0.05, 0.1) is 15.7 Å². The SMILES string of the molecule is C=C(NC1CCC1)c1cnc(Nc2c(Cl)cccc2Cl)nc1C(F)(F)F. The van der Waals surface area contributed by atoms with Crippen LogP contribution in [0.2, 0.25) is 10.0 Å². The molecule has 1 fully saturated rings. The lowest BCUT2D eigenvalue weighted by atomic mass is 9.92. The molecule has 1 aliphatic carbocycles. The van der Waals surface area contributed by atoms with Crippen LogP contribution >= 0.6 is 23.2 Å². The van der Waals surface area contributed by atoms with Crippen molar-refractivity contribution in [1.82, 2.24) is 15.3 Å². The Balaban J connectivity index is 1.92. The van der Waals surface area contributed by atoms with Gasteiger partial charge in [0.25, 0.3) is 0 Å². The minimum atomic E-state index is -4.66. The average molecular weight is 403 g/mol. The van der Waals surface area contributed by atoms with Crippen LogP contribution in [0, 0.1) is 0 Å². The molecule has 26 heavy (non-hydrogen) atoms. The van der Waals surface area contributed by atoms with Crippen molar-refractivity contribution in [1.29, 1.82) is 0 Å². The minimum Gasteiger partial charge on any atom is -0.382 e. The largest absolute Gasteiger partial charge is 0.434 e. The molecule has 138 valence electrons. The maximum absolute atomic E-state index is 13.5. The molecule has 0 atom stereocenters. The van der Waals surface area contributed by atoms with Gasteiger partial charge in [-0.1, -0.05) is 35.8 Å². The predicted molar refractivity (Wildman–Crippen MR) is 96.6 cm³/mol. The molecule has 4 nitrogen and oxygen atoms in total. The van der Waals surface area contributed by atoms with Gasteiger partial charge in [0.15, 0.2) is 5.69 Å². The van der Waals surface area contributed by atoms with Crippen LogP contribution in [-0.2, 0) is 6.18 Å². The molecule has 1 aliphatic rings. The fourth-order valence-corrected chi connectivity index (χ4v) is 2.98. The van der Waals surface area contributed by atoms with Gasteiger partial charge in [0, 0.05) is 23.5 Å². The van der Waals surface area contributed by atoms with Gasteiger partial charge in [-0.3, -0.25) is 0 Å². The van der Waals surface area contributed by atoms with E-state index in [2.05, 4.69) is 27.2 Å². The molecule has 0 bridgehead atoms. The summed E-state index contributed by atoms with van der Waals surface area (Å²) in [6.07, 6.45) is -0.701. The molecular weight excluding hydrogens is 388 g/mol. The van der Waals surface area contributed by atoms with Crippen molar-refractivity contribution in [3.63, 3.8) is 0 Å². The number of anilines is 2. The van der Waals surface area contributed by atoms with Crippen molar-refractivity contribution in [3.05, 3.63) is 52.3 Å². The number of rotatable bonds is 5. The van der Waals surface area contributed by atoms with Gasteiger partial charge < -0.3 is 10.6 Å². The number of nitrogens with one attached hydrogen (secondary N) is 2. The first-order valence-corrected chi connectivity index (χ1v) is 8.62. The maximum Gasteiger partial charge on any atom is 0.434 e. The first-order valence-electron chi connectivity index (χ1n) is 7.87. The summed E-state index contributed by atoms with van der Waals surface area (Å²) in [7, 11) is 0. The summed E-state index contributed by atoms with van der Waals surface area (Å²) in [5.41, 5.74) is -0.859. The lowest BCUT2D eigenvalue weighted by Gasteiger charge is -2.29. The summed E-state index contributed by atoms with van der Waals surface area (Å²) in [6, 6.07) is 4.87. The Labute approximate surface area is 158 Å². The number of nitrogens with zero attached hydrogens (tertiary/aromatic N) is 2. The van der Waals surface area contributed by atoms with E-state index in [1.807, 2.05) is 0 Å². The zero-order valence-corrected chi connectivity index (χ0v) is 15.0. The third kappa shape index (κ3) is 4.04. The first kappa shape index (κ1) is 18.8. The molecule has 1 aromatic carbocycles. The van der Waals surface area contributed by atoms with Crippen LogP contribution in [0.5, 0.6) is 0 Å². The smallest absolute Gasteiger partial charge is 0.382 e. The molecule has 0 radical (unpaired) electrons. The van der Waals surface area contributed by atoms with E-state index >= 15 is 0 Å². The second-order valence-corrected chi connectivity index (χ2v) is 6.74. The van der Waals surface area contributed by atoms with E-state index in [0.717, 1.165) is 25.5 Å². The van der Waals surface area contributed by atoms with Crippen molar-refractivity contribution in [2.24, 2.45) is 0 Å². The molecule has 2 N–H and O–H groups in total. The average Bonchev–Trinajstić information content (AvgIpc) is 2.53. The lowest BCUT2D eigenvalue weighted by molar-refractivity contribution is -0.141. The van der Waals surface area contributed by atoms with Crippen LogP contribution in [0.1, 0.15) is 30.5 Å². The van der Waals surface area contributed by atoms with Crippen LogP contribution in [0.15, 0.2) is 31.0 Å². The number of hydrogen-bond acceptors (Lipinski definition) is 4. The van der Waals surface area contributed by atoms with E-state index in [1.165, 1.54) is 0 Å². The topological polar surface area (TPSA) is 49.8 Å². The molecule has 2 aromatic rings. The number of para-hydroxylation sites is 1. The van der Waals surface area contributed by atoms with Gasteiger partial charge in [-0.15, -0.1) is 0 Å². The van der Waals surface area contributed by atoms with Gasteiger partial charge in [-0.05, 0) is 31.4 Å². The minimum absolute atomic E-state index is 0.142. The highest BCUT2D eigenvalue weighted by atomic mass is 35.5. The van der Waals surface area contributed by atoms with Crippen LogP contribution in [0.3, 0.4) is 0 Å². The molecule has 0 saturated heterocycles. The second kappa shape index (κ2) is 7.32. The van der Waals surface area contributed by atoms with Crippen LogP contribution in [0.4, 0.5) is 24.8 Å². The highest BCUT2D eigenvalue weighted by Gasteiger charge is 2.37. The highest BCUT2D eigenvalue weighted by molar-refractivity contribution is 6.39. The number of hydrogen-bond donors (Lipinski definition) is 2. The van der Waals surface area contributed by atoms with Crippen molar-refractivity contribution in [2.75, 3.05) is 5.32 Å². The summed E-state index contributed by atoms with van der Waals surface area (Å²) >= 11 is 12.0. The quantitative estimate of drug-likeness (QED) is 0.677. The Hall–Kier alpha value is -1.99. The third-order valence-electron chi connectivity index (χ3n) is 4.07. The molecule has 1 saturated carbocycles. The van der Waals surface area contributed by atoms with E-state index < -0.39 is 11.9 Å². The van der Waals surface area contributed by atoms with Gasteiger partial charge in [-0.2, -0.15) is 13.2 Å². The van der Waals surface area contributed by atoms with E-state index in [-0.39, 0.29) is 39.0 Å². The van der Waals surface area contributed by atoms with Gasteiger partial charge in [0.2, 0.25) is 5.95 Å². The van der Waals surface area contributed by atoms with E-state index in [4.69, 9.17) is 23.2 Å². The van der Waals surface area contributed by atoms with Crippen LogP contribution in [0.25, 0.3) is 5.70 Å². The highest BCUT2D eigenvalue weighted by Crippen LogP contribution is 2.36. The normalized spacial score (nSPS) is 14.7. The Morgan fingerprint density at radius 2 is 1.85 bits per heavy atom. The molecule has 0 spiro atoms. The van der Waals surface area contributed by atoms with E-state index in [9.17, 15) is 13.2 Å². The first-order chi connectivity index (χ1) is 12.3. The summed E-state index contributed by atoms with van der Waals surface area (Å²) in [5, 5.41) is 6.13. The number of aromatic nitrogens is 2. The standard InChI is InChI=1S/C17H15Cl2F3N4/c1-9(24-10-4-2-5-10)11-8-23-16(26-15(11)17(20,21)22)25-14-12(18)6-3-7-13(14)19/h3,6-8,10,24H,1-2,4-5H2,(H,23,25,26). The molecule has 0 amide bonds. The van der Waals surface area contributed by atoms with Crippen molar-refractivity contribution in [2.45, 2.75) is 31.5 Å².